The number of aromatic amines is 1. The highest BCUT2D eigenvalue weighted by Gasteiger charge is 2.28. The fourth-order valence-corrected chi connectivity index (χ4v) is 5.56. The van der Waals surface area contributed by atoms with Gasteiger partial charge < -0.3 is 16.5 Å². The summed E-state index contributed by atoms with van der Waals surface area (Å²) < 4.78 is 0. The van der Waals surface area contributed by atoms with Crippen LogP contribution in [0.4, 0.5) is 5.69 Å². The number of rotatable bonds is 7. The van der Waals surface area contributed by atoms with Gasteiger partial charge in [-0.2, -0.15) is 0 Å². The van der Waals surface area contributed by atoms with Crippen LogP contribution in [0.2, 0.25) is 0 Å². The standard InChI is InChI=1S/C27H36N6O/c1-16-7-4-8-17(2)33(16)18(3)9-5-12-21-22(28)13-14-23-25(21)32-27(34)24(31-23)19-10-6-11-20(15-19)26(29)30/h6,10-11,13-18H,4-5,7-9,12,28H2,1-3H3,(H3,29,30)(H,32,34). The second-order valence-electron chi connectivity index (χ2n) is 9.75. The van der Waals surface area contributed by atoms with Gasteiger partial charge in [0.2, 0.25) is 0 Å². The highest BCUT2D eigenvalue weighted by Crippen LogP contribution is 2.28. The molecule has 0 saturated carbocycles. The van der Waals surface area contributed by atoms with E-state index in [0.717, 1.165) is 24.8 Å². The lowest BCUT2D eigenvalue weighted by molar-refractivity contribution is 0.0581. The fraction of sp³-hybridized carbons (Fsp3) is 0.444. The number of nitrogens with zero attached hydrogens (tertiary/aromatic N) is 2. The quantitative estimate of drug-likeness (QED) is 0.236. The Bertz CT molecular complexity index is 1240. The molecule has 2 heterocycles. The van der Waals surface area contributed by atoms with Gasteiger partial charge in [-0.1, -0.05) is 24.6 Å². The lowest BCUT2D eigenvalue weighted by atomic mass is 9.93. The molecular weight excluding hydrogens is 424 g/mol. The van der Waals surface area contributed by atoms with Crippen molar-refractivity contribution in [2.24, 2.45) is 5.73 Å². The molecule has 1 aliphatic heterocycles. The first kappa shape index (κ1) is 24.0. The smallest absolute Gasteiger partial charge is 0.274 e. The Morgan fingerprint density at radius 1 is 1.24 bits per heavy atom. The first-order chi connectivity index (χ1) is 16.3. The molecule has 3 atom stereocenters. The van der Waals surface area contributed by atoms with E-state index in [1.165, 1.54) is 19.3 Å². The van der Waals surface area contributed by atoms with E-state index in [1.54, 1.807) is 24.3 Å². The van der Waals surface area contributed by atoms with E-state index in [-0.39, 0.29) is 11.4 Å². The maximum atomic E-state index is 13.0. The predicted octanol–water partition coefficient (Wildman–Crippen LogP) is 4.43. The summed E-state index contributed by atoms with van der Waals surface area (Å²) >= 11 is 0. The number of nitrogen functional groups attached to an aromatic ring is 2. The van der Waals surface area contributed by atoms with Crippen molar-refractivity contribution in [3.63, 3.8) is 0 Å². The Morgan fingerprint density at radius 3 is 2.68 bits per heavy atom. The molecule has 1 saturated heterocycles. The number of amidine groups is 1. The Balaban J connectivity index is 1.57. The molecule has 6 N–H and O–H groups in total. The maximum Gasteiger partial charge on any atom is 0.274 e. The van der Waals surface area contributed by atoms with Crippen LogP contribution in [0.25, 0.3) is 22.3 Å². The summed E-state index contributed by atoms with van der Waals surface area (Å²) in [5.74, 6) is -0.0447. The maximum absolute atomic E-state index is 13.0. The van der Waals surface area contributed by atoms with Gasteiger partial charge in [0.1, 0.15) is 11.5 Å². The fourth-order valence-electron chi connectivity index (χ4n) is 5.56. The summed E-state index contributed by atoms with van der Waals surface area (Å²) in [5, 5.41) is 7.67. The first-order valence-electron chi connectivity index (χ1n) is 12.3. The van der Waals surface area contributed by atoms with Gasteiger partial charge in [0.15, 0.2) is 0 Å². The van der Waals surface area contributed by atoms with Crippen LogP contribution in [0.3, 0.4) is 0 Å². The highest BCUT2D eigenvalue weighted by atomic mass is 16.1. The Hall–Kier alpha value is -3.19. The molecule has 0 amide bonds. The van der Waals surface area contributed by atoms with Crippen molar-refractivity contribution >= 4 is 22.6 Å². The van der Waals surface area contributed by atoms with Crippen LogP contribution >= 0.6 is 0 Å². The molecule has 1 aliphatic rings. The van der Waals surface area contributed by atoms with Crippen molar-refractivity contribution < 1.29 is 0 Å². The van der Waals surface area contributed by atoms with E-state index in [9.17, 15) is 4.79 Å². The lowest BCUT2D eigenvalue weighted by Crippen LogP contribution is -2.48. The van der Waals surface area contributed by atoms with Crippen molar-refractivity contribution in [2.75, 3.05) is 5.73 Å². The number of hydrogen-bond donors (Lipinski definition) is 4. The number of aryl methyl sites for hydroxylation is 1. The number of hydrogen-bond acceptors (Lipinski definition) is 5. The van der Waals surface area contributed by atoms with E-state index in [4.69, 9.17) is 16.9 Å². The molecule has 34 heavy (non-hydrogen) atoms. The second kappa shape index (κ2) is 9.97. The van der Waals surface area contributed by atoms with E-state index >= 15 is 0 Å². The van der Waals surface area contributed by atoms with Crippen LogP contribution in [-0.2, 0) is 6.42 Å². The summed E-state index contributed by atoms with van der Waals surface area (Å²) in [6, 6.07) is 12.5. The van der Waals surface area contributed by atoms with Crippen molar-refractivity contribution in [1.82, 2.24) is 14.9 Å². The minimum atomic E-state index is -0.274. The molecule has 7 nitrogen and oxygen atoms in total. The van der Waals surface area contributed by atoms with Gasteiger partial charge in [-0.15, -0.1) is 0 Å². The molecule has 1 aromatic heterocycles. The monoisotopic (exact) mass is 460 g/mol. The topological polar surface area (TPSA) is 125 Å². The molecule has 0 aliphatic carbocycles. The lowest BCUT2D eigenvalue weighted by Gasteiger charge is -2.43. The molecule has 3 aromatic rings. The zero-order valence-corrected chi connectivity index (χ0v) is 20.4. The molecule has 2 aromatic carbocycles. The summed E-state index contributed by atoms with van der Waals surface area (Å²) in [6.45, 7) is 7.01. The van der Waals surface area contributed by atoms with Gasteiger partial charge in [0.05, 0.1) is 11.0 Å². The SMILES string of the molecule is CC(CCCc1c(N)ccc2nc(-c3cccc(C(=N)N)c3)c(=O)[nH]c12)N1C(C)CCCC1C. The average Bonchev–Trinajstić information content (AvgIpc) is 2.80. The number of H-pyrrole nitrogens is 1. The van der Waals surface area contributed by atoms with E-state index in [0.29, 0.717) is 51.7 Å². The Morgan fingerprint density at radius 2 is 1.97 bits per heavy atom. The largest absolute Gasteiger partial charge is 0.398 e. The number of likely N-dealkylation sites (tertiary alicyclic amines) is 1. The molecule has 180 valence electrons. The van der Waals surface area contributed by atoms with E-state index in [2.05, 4.69) is 35.6 Å². The van der Waals surface area contributed by atoms with Crippen molar-refractivity contribution in [2.45, 2.75) is 77.4 Å². The number of nitrogens with two attached hydrogens (primary N) is 2. The van der Waals surface area contributed by atoms with Crippen LogP contribution in [0, 0.1) is 5.41 Å². The zero-order chi connectivity index (χ0) is 24.4. The number of fused-ring (bicyclic) bond motifs is 1. The third-order valence-electron chi connectivity index (χ3n) is 7.28. The van der Waals surface area contributed by atoms with Crippen LogP contribution in [0.1, 0.15) is 64.0 Å². The molecule has 0 radical (unpaired) electrons. The van der Waals surface area contributed by atoms with Gasteiger partial charge in [-0.3, -0.25) is 15.1 Å². The van der Waals surface area contributed by atoms with Crippen molar-refractivity contribution in [1.29, 1.82) is 5.41 Å². The normalized spacial score (nSPS) is 19.9. The minimum Gasteiger partial charge on any atom is -0.398 e. The van der Waals surface area contributed by atoms with Crippen molar-refractivity contribution in [3.05, 3.63) is 57.9 Å². The van der Waals surface area contributed by atoms with Gasteiger partial charge in [0, 0.05) is 40.5 Å². The van der Waals surface area contributed by atoms with Gasteiger partial charge in [0.25, 0.3) is 5.56 Å². The van der Waals surface area contributed by atoms with Gasteiger partial charge in [-0.25, -0.2) is 4.98 Å². The number of piperidine rings is 1. The number of benzene rings is 2. The molecule has 4 rings (SSSR count). The molecule has 0 bridgehead atoms. The molecule has 0 spiro atoms. The summed E-state index contributed by atoms with van der Waals surface area (Å²) in [7, 11) is 0. The Kier molecular flexibility index (Phi) is 7.03. The first-order valence-corrected chi connectivity index (χ1v) is 12.3. The minimum absolute atomic E-state index is 0.0447. The van der Waals surface area contributed by atoms with E-state index < -0.39 is 0 Å². The van der Waals surface area contributed by atoms with Crippen LogP contribution in [0.5, 0.6) is 0 Å². The highest BCUT2D eigenvalue weighted by molar-refractivity contribution is 5.96. The number of anilines is 1. The predicted molar refractivity (Wildman–Crippen MR) is 140 cm³/mol. The zero-order valence-electron chi connectivity index (χ0n) is 20.4. The summed E-state index contributed by atoms with van der Waals surface area (Å²) in [6.07, 6.45) is 6.73. The molecular formula is C27H36N6O. The Labute approximate surface area is 201 Å². The van der Waals surface area contributed by atoms with Gasteiger partial charge in [-0.05, 0) is 71.1 Å². The van der Waals surface area contributed by atoms with Gasteiger partial charge >= 0.3 is 0 Å². The second-order valence-corrected chi connectivity index (χ2v) is 9.75. The summed E-state index contributed by atoms with van der Waals surface area (Å²) in [4.78, 5) is 23.4. The summed E-state index contributed by atoms with van der Waals surface area (Å²) in [5.41, 5.74) is 16.3. The van der Waals surface area contributed by atoms with Crippen LogP contribution in [-0.4, -0.2) is 38.8 Å². The number of nitrogens with one attached hydrogen (secondary N) is 2. The van der Waals surface area contributed by atoms with Crippen LogP contribution < -0.4 is 17.0 Å². The number of aromatic nitrogens is 2. The molecule has 7 heteroatoms. The molecule has 3 unspecified atom stereocenters. The average molecular weight is 461 g/mol. The van der Waals surface area contributed by atoms with Crippen molar-refractivity contribution in [3.8, 4) is 11.3 Å². The van der Waals surface area contributed by atoms with Crippen LogP contribution in [0.15, 0.2) is 41.2 Å². The third kappa shape index (κ3) is 4.85. The molecule has 1 fully saturated rings. The third-order valence-corrected chi connectivity index (χ3v) is 7.28. The van der Waals surface area contributed by atoms with E-state index in [1.807, 2.05) is 12.1 Å².